The van der Waals surface area contributed by atoms with E-state index < -0.39 is 0 Å². The number of hydrogen-bond acceptors (Lipinski definition) is 4. The van der Waals surface area contributed by atoms with Crippen LogP contribution in [0.3, 0.4) is 0 Å². The van der Waals surface area contributed by atoms with Gasteiger partial charge in [-0.15, -0.1) is 0 Å². The molecule has 0 aliphatic rings. The number of rotatable bonds is 5. The molecule has 1 heterocycles. The number of benzene rings is 1. The van der Waals surface area contributed by atoms with E-state index in [1.165, 1.54) is 6.92 Å². The van der Waals surface area contributed by atoms with Gasteiger partial charge in [0, 0.05) is 25.2 Å². The molecule has 2 aromatic rings. The molecule has 0 spiro atoms. The second-order valence-corrected chi connectivity index (χ2v) is 4.44. The van der Waals surface area contributed by atoms with E-state index in [2.05, 4.69) is 10.4 Å². The van der Waals surface area contributed by atoms with Gasteiger partial charge in [-0.1, -0.05) is 12.1 Å². The fourth-order valence-electron chi connectivity index (χ4n) is 1.86. The molecule has 0 aliphatic heterocycles. The van der Waals surface area contributed by atoms with Gasteiger partial charge in [0.2, 0.25) is 5.91 Å². The average molecular weight is 287 g/mol. The van der Waals surface area contributed by atoms with Crippen molar-refractivity contribution in [2.24, 2.45) is 0 Å². The SMILES string of the molecule is CCOC(=O)c1ccccc1-n1cc(CNC(C)=O)cn1. The molecule has 1 aromatic carbocycles. The van der Waals surface area contributed by atoms with Crippen LogP contribution in [0.15, 0.2) is 36.7 Å². The van der Waals surface area contributed by atoms with Gasteiger partial charge in [0.05, 0.1) is 24.1 Å². The summed E-state index contributed by atoms with van der Waals surface area (Å²) in [6.45, 7) is 3.94. The number of esters is 1. The van der Waals surface area contributed by atoms with Crippen LogP contribution >= 0.6 is 0 Å². The van der Waals surface area contributed by atoms with Crippen LogP contribution in [0.2, 0.25) is 0 Å². The van der Waals surface area contributed by atoms with Crippen molar-refractivity contribution in [1.82, 2.24) is 15.1 Å². The van der Waals surface area contributed by atoms with Gasteiger partial charge < -0.3 is 10.1 Å². The molecule has 1 aromatic heterocycles. The molecule has 6 nitrogen and oxygen atoms in total. The Morgan fingerprint density at radius 1 is 1.33 bits per heavy atom. The van der Waals surface area contributed by atoms with Gasteiger partial charge in [0.1, 0.15) is 0 Å². The number of nitrogens with one attached hydrogen (secondary N) is 1. The van der Waals surface area contributed by atoms with Crippen LogP contribution in [-0.4, -0.2) is 28.3 Å². The third kappa shape index (κ3) is 3.68. The average Bonchev–Trinajstić information content (AvgIpc) is 2.94. The zero-order valence-electron chi connectivity index (χ0n) is 12.0. The number of carbonyl (C=O) groups is 2. The van der Waals surface area contributed by atoms with Crippen molar-refractivity contribution in [3.63, 3.8) is 0 Å². The smallest absolute Gasteiger partial charge is 0.340 e. The third-order valence-corrected chi connectivity index (χ3v) is 2.82. The summed E-state index contributed by atoms with van der Waals surface area (Å²) in [4.78, 5) is 22.9. The van der Waals surface area contributed by atoms with Crippen molar-refractivity contribution < 1.29 is 14.3 Å². The maximum Gasteiger partial charge on any atom is 0.340 e. The van der Waals surface area contributed by atoms with Gasteiger partial charge in [-0.05, 0) is 19.1 Å². The molecule has 0 saturated carbocycles. The Kier molecular flexibility index (Phi) is 4.71. The van der Waals surface area contributed by atoms with E-state index in [0.717, 1.165) is 5.56 Å². The summed E-state index contributed by atoms with van der Waals surface area (Å²) < 4.78 is 6.64. The Hall–Kier alpha value is -2.63. The number of aromatic nitrogens is 2. The first kappa shape index (κ1) is 14.8. The van der Waals surface area contributed by atoms with Crippen LogP contribution in [0.4, 0.5) is 0 Å². The van der Waals surface area contributed by atoms with E-state index in [4.69, 9.17) is 4.74 Å². The lowest BCUT2D eigenvalue weighted by Gasteiger charge is -2.08. The molecule has 0 aliphatic carbocycles. The lowest BCUT2D eigenvalue weighted by molar-refractivity contribution is -0.119. The lowest BCUT2D eigenvalue weighted by Crippen LogP contribution is -2.18. The minimum atomic E-state index is -0.382. The highest BCUT2D eigenvalue weighted by atomic mass is 16.5. The molecule has 2 rings (SSSR count). The van der Waals surface area contributed by atoms with E-state index in [1.807, 2.05) is 6.07 Å². The Labute approximate surface area is 122 Å². The highest BCUT2D eigenvalue weighted by Crippen LogP contribution is 2.15. The highest BCUT2D eigenvalue weighted by Gasteiger charge is 2.14. The summed E-state index contributed by atoms with van der Waals surface area (Å²) in [6.07, 6.45) is 3.42. The van der Waals surface area contributed by atoms with Crippen molar-refractivity contribution in [3.8, 4) is 5.69 Å². The summed E-state index contributed by atoms with van der Waals surface area (Å²) in [5, 5.41) is 6.93. The Morgan fingerprint density at radius 3 is 2.81 bits per heavy atom. The van der Waals surface area contributed by atoms with Gasteiger partial charge in [0.25, 0.3) is 0 Å². The standard InChI is InChI=1S/C15H17N3O3/c1-3-21-15(20)13-6-4-5-7-14(13)18-10-12(9-17-18)8-16-11(2)19/h4-7,9-10H,3,8H2,1-2H3,(H,16,19). The van der Waals surface area contributed by atoms with Crippen LogP contribution < -0.4 is 5.32 Å². The molecule has 0 fully saturated rings. The fraction of sp³-hybridized carbons (Fsp3) is 0.267. The maximum absolute atomic E-state index is 11.9. The van der Waals surface area contributed by atoms with E-state index in [-0.39, 0.29) is 11.9 Å². The first-order valence-corrected chi connectivity index (χ1v) is 6.66. The quantitative estimate of drug-likeness (QED) is 0.849. The first-order valence-electron chi connectivity index (χ1n) is 6.66. The van der Waals surface area contributed by atoms with Crippen LogP contribution in [-0.2, 0) is 16.1 Å². The van der Waals surface area contributed by atoms with E-state index in [0.29, 0.717) is 24.4 Å². The monoisotopic (exact) mass is 287 g/mol. The topological polar surface area (TPSA) is 73.2 Å². The predicted molar refractivity (Wildman–Crippen MR) is 77.0 cm³/mol. The molecule has 0 atom stereocenters. The van der Waals surface area contributed by atoms with Gasteiger partial charge in [0.15, 0.2) is 0 Å². The second kappa shape index (κ2) is 6.69. The molecule has 21 heavy (non-hydrogen) atoms. The van der Waals surface area contributed by atoms with Crippen molar-refractivity contribution >= 4 is 11.9 Å². The summed E-state index contributed by atoms with van der Waals surface area (Å²) in [6, 6.07) is 7.09. The molecule has 6 heteroatoms. The molecule has 1 N–H and O–H groups in total. The Morgan fingerprint density at radius 2 is 2.10 bits per heavy atom. The maximum atomic E-state index is 11.9. The van der Waals surface area contributed by atoms with Crippen LogP contribution in [0.1, 0.15) is 29.8 Å². The zero-order valence-corrected chi connectivity index (χ0v) is 12.0. The number of ether oxygens (including phenoxy) is 1. The largest absolute Gasteiger partial charge is 0.462 e. The van der Waals surface area contributed by atoms with Gasteiger partial charge in [-0.3, -0.25) is 4.79 Å². The molecular formula is C15H17N3O3. The van der Waals surface area contributed by atoms with Crippen molar-refractivity contribution in [2.45, 2.75) is 20.4 Å². The number of hydrogen-bond donors (Lipinski definition) is 1. The predicted octanol–water partition coefficient (Wildman–Crippen LogP) is 1.69. The minimum Gasteiger partial charge on any atom is -0.462 e. The third-order valence-electron chi connectivity index (χ3n) is 2.82. The highest BCUT2D eigenvalue weighted by molar-refractivity contribution is 5.93. The summed E-state index contributed by atoms with van der Waals surface area (Å²) in [7, 11) is 0. The molecule has 1 amide bonds. The Balaban J connectivity index is 2.26. The molecule has 0 unspecified atom stereocenters. The number of carbonyl (C=O) groups excluding carboxylic acids is 2. The van der Waals surface area contributed by atoms with Crippen LogP contribution in [0, 0.1) is 0 Å². The first-order chi connectivity index (χ1) is 10.1. The number of nitrogens with zero attached hydrogens (tertiary/aromatic N) is 2. The van der Waals surface area contributed by atoms with Crippen molar-refractivity contribution in [1.29, 1.82) is 0 Å². The van der Waals surface area contributed by atoms with Crippen LogP contribution in [0.25, 0.3) is 5.69 Å². The van der Waals surface area contributed by atoms with E-state index >= 15 is 0 Å². The van der Waals surface area contributed by atoms with Gasteiger partial charge in [-0.25, -0.2) is 9.48 Å². The van der Waals surface area contributed by atoms with Crippen LogP contribution in [0.5, 0.6) is 0 Å². The fourth-order valence-corrected chi connectivity index (χ4v) is 1.86. The van der Waals surface area contributed by atoms with Crippen molar-refractivity contribution in [2.75, 3.05) is 6.61 Å². The lowest BCUT2D eigenvalue weighted by atomic mass is 10.2. The molecule has 0 bridgehead atoms. The zero-order chi connectivity index (χ0) is 15.2. The van der Waals surface area contributed by atoms with Gasteiger partial charge >= 0.3 is 5.97 Å². The summed E-state index contributed by atoms with van der Waals surface area (Å²) >= 11 is 0. The molecular weight excluding hydrogens is 270 g/mol. The number of para-hydroxylation sites is 1. The second-order valence-electron chi connectivity index (χ2n) is 4.44. The molecule has 0 saturated heterocycles. The van der Waals surface area contributed by atoms with Crippen molar-refractivity contribution in [3.05, 3.63) is 47.8 Å². The Bertz CT molecular complexity index is 649. The number of amides is 1. The normalized spacial score (nSPS) is 10.2. The summed E-state index contributed by atoms with van der Waals surface area (Å²) in [5.41, 5.74) is 1.95. The summed E-state index contributed by atoms with van der Waals surface area (Å²) in [5.74, 6) is -0.485. The van der Waals surface area contributed by atoms with E-state index in [1.54, 1.807) is 42.2 Å². The molecule has 110 valence electrons. The molecule has 0 radical (unpaired) electrons. The van der Waals surface area contributed by atoms with E-state index in [9.17, 15) is 9.59 Å². The van der Waals surface area contributed by atoms with Gasteiger partial charge in [-0.2, -0.15) is 5.10 Å². The minimum absolute atomic E-state index is 0.102.